The number of aryl methyl sites for hydroxylation is 1. The van der Waals surface area contributed by atoms with Crippen molar-refractivity contribution >= 4 is 38.2 Å². The zero-order valence-electron chi connectivity index (χ0n) is 18.8. The number of ether oxygens (including phenoxy) is 2. The number of anilines is 1. The van der Waals surface area contributed by atoms with E-state index in [1.807, 2.05) is 13.0 Å². The molecule has 0 radical (unpaired) electrons. The van der Waals surface area contributed by atoms with Crippen LogP contribution < -0.4 is 14.8 Å². The van der Waals surface area contributed by atoms with Gasteiger partial charge in [-0.2, -0.15) is 4.31 Å². The first-order valence-electron chi connectivity index (χ1n) is 10.7. The maximum Gasteiger partial charge on any atom is 0.264 e. The number of carbonyl (C=O) groups is 2. The lowest BCUT2D eigenvalue weighted by atomic mass is 10.2. The fraction of sp³-hybridized carbons (Fsp3) is 0.455. The van der Waals surface area contributed by atoms with E-state index in [2.05, 4.69) is 5.32 Å². The molecule has 2 fully saturated rings. The summed E-state index contributed by atoms with van der Waals surface area (Å²) >= 11 is 1.26. The van der Waals surface area contributed by atoms with Gasteiger partial charge in [0.2, 0.25) is 15.9 Å². The average molecular weight is 494 g/mol. The van der Waals surface area contributed by atoms with E-state index in [9.17, 15) is 18.0 Å². The van der Waals surface area contributed by atoms with Gasteiger partial charge in [-0.3, -0.25) is 9.59 Å². The number of thiophene rings is 1. The van der Waals surface area contributed by atoms with E-state index in [1.54, 1.807) is 11.0 Å². The van der Waals surface area contributed by atoms with Crippen LogP contribution in [0.5, 0.6) is 11.5 Å². The van der Waals surface area contributed by atoms with Crippen LogP contribution >= 0.6 is 11.3 Å². The van der Waals surface area contributed by atoms with E-state index < -0.39 is 10.0 Å². The molecule has 1 aromatic carbocycles. The number of hydrogen-bond donors (Lipinski definition) is 1. The molecular formula is C22H27N3O6S2. The molecule has 4 rings (SSSR count). The largest absolute Gasteiger partial charge is 0.493 e. The average Bonchev–Trinajstić information content (AvgIpc) is 3.61. The third-order valence-electron chi connectivity index (χ3n) is 5.83. The van der Waals surface area contributed by atoms with E-state index >= 15 is 0 Å². The van der Waals surface area contributed by atoms with Crippen molar-refractivity contribution in [1.29, 1.82) is 0 Å². The minimum absolute atomic E-state index is 0.00392. The standard InChI is InChI=1S/C22H27N3O6S2/c1-14-12-19(23-21(26)15-4-5-15)32-20(14)22(27)24-8-10-25(11-9-24)33(28,29)16-6-7-17(30-2)18(13-16)31-3/h6-7,12-13,15H,4-5,8-11H2,1-3H3,(H,23,26). The molecule has 0 atom stereocenters. The number of methoxy groups -OCH3 is 2. The second-order valence-electron chi connectivity index (χ2n) is 8.10. The summed E-state index contributed by atoms with van der Waals surface area (Å²) in [5, 5.41) is 3.56. The van der Waals surface area contributed by atoms with Crippen LogP contribution in [0.25, 0.3) is 0 Å². The topological polar surface area (TPSA) is 105 Å². The van der Waals surface area contributed by atoms with E-state index in [-0.39, 0.29) is 48.8 Å². The summed E-state index contributed by atoms with van der Waals surface area (Å²) in [7, 11) is -0.798. The maximum atomic E-state index is 13.1. The number of benzene rings is 1. The van der Waals surface area contributed by atoms with Crippen LogP contribution in [0.1, 0.15) is 28.1 Å². The van der Waals surface area contributed by atoms with Crippen molar-refractivity contribution in [2.75, 3.05) is 45.7 Å². The molecule has 0 bridgehead atoms. The smallest absolute Gasteiger partial charge is 0.264 e. The molecule has 11 heteroatoms. The van der Waals surface area contributed by atoms with Crippen molar-refractivity contribution in [3.05, 3.63) is 34.7 Å². The van der Waals surface area contributed by atoms with Gasteiger partial charge in [-0.05, 0) is 43.5 Å². The molecular weight excluding hydrogens is 466 g/mol. The minimum atomic E-state index is -3.74. The van der Waals surface area contributed by atoms with Gasteiger partial charge in [-0.1, -0.05) is 0 Å². The molecule has 178 valence electrons. The van der Waals surface area contributed by atoms with Gasteiger partial charge in [-0.15, -0.1) is 11.3 Å². The van der Waals surface area contributed by atoms with Crippen molar-refractivity contribution in [1.82, 2.24) is 9.21 Å². The second kappa shape index (κ2) is 9.32. The molecule has 1 aromatic heterocycles. The lowest BCUT2D eigenvalue weighted by molar-refractivity contribution is -0.117. The molecule has 1 N–H and O–H groups in total. The molecule has 2 heterocycles. The van der Waals surface area contributed by atoms with Gasteiger partial charge in [-0.25, -0.2) is 8.42 Å². The number of carbonyl (C=O) groups excluding carboxylic acids is 2. The van der Waals surface area contributed by atoms with Gasteiger partial charge in [0.15, 0.2) is 11.5 Å². The fourth-order valence-electron chi connectivity index (χ4n) is 3.73. The van der Waals surface area contributed by atoms with Crippen LogP contribution in [-0.2, 0) is 14.8 Å². The molecule has 0 unspecified atom stereocenters. The van der Waals surface area contributed by atoms with Crippen molar-refractivity contribution in [2.45, 2.75) is 24.7 Å². The molecule has 9 nitrogen and oxygen atoms in total. The van der Waals surface area contributed by atoms with Crippen LogP contribution in [0, 0.1) is 12.8 Å². The van der Waals surface area contributed by atoms with Crippen molar-refractivity contribution in [3.63, 3.8) is 0 Å². The first kappa shape index (κ1) is 23.5. The zero-order chi connectivity index (χ0) is 23.8. The van der Waals surface area contributed by atoms with Crippen LogP contribution in [0.15, 0.2) is 29.2 Å². The maximum absolute atomic E-state index is 13.1. The highest BCUT2D eigenvalue weighted by atomic mass is 32.2. The summed E-state index contributed by atoms with van der Waals surface area (Å²) in [4.78, 5) is 27.4. The first-order valence-corrected chi connectivity index (χ1v) is 12.9. The third kappa shape index (κ3) is 4.85. The summed E-state index contributed by atoms with van der Waals surface area (Å²) in [6.07, 6.45) is 1.83. The Kier molecular flexibility index (Phi) is 6.64. The number of sulfonamides is 1. The molecule has 0 spiro atoms. The third-order valence-corrected chi connectivity index (χ3v) is 8.86. The SMILES string of the molecule is COc1ccc(S(=O)(=O)N2CCN(C(=O)c3sc(NC(=O)C4CC4)cc3C)CC2)cc1OC. The number of nitrogens with one attached hydrogen (secondary N) is 1. The predicted octanol–water partition coefficient (Wildman–Crippen LogP) is 2.57. The number of piperazine rings is 1. The van der Waals surface area contributed by atoms with Gasteiger partial charge >= 0.3 is 0 Å². The molecule has 2 amide bonds. The van der Waals surface area contributed by atoms with Crippen molar-refractivity contribution in [3.8, 4) is 11.5 Å². The fourth-order valence-corrected chi connectivity index (χ4v) is 6.21. The Balaban J connectivity index is 1.41. The highest BCUT2D eigenvalue weighted by molar-refractivity contribution is 7.89. The van der Waals surface area contributed by atoms with Crippen LogP contribution in [0.4, 0.5) is 5.00 Å². The Bertz CT molecular complexity index is 1160. The lowest BCUT2D eigenvalue weighted by Gasteiger charge is -2.34. The Labute approximate surface area is 197 Å². The van der Waals surface area contributed by atoms with E-state index in [4.69, 9.17) is 9.47 Å². The number of amides is 2. The van der Waals surface area contributed by atoms with Crippen LogP contribution in [0.3, 0.4) is 0 Å². The summed E-state index contributed by atoms with van der Waals surface area (Å²) in [6, 6.07) is 6.31. The molecule has 33 heavy (non-hydrogen) atoms. The minimum Gasteiger partial charge on any atom is -0.493 e. The van der Waals surface area contributed by atoms with Gasteiger partial charge in [0.1, 0.15) is 0 Å². The van der Waals surface area contributed by atoms with Gasteiger partial charge < -0.3 is 19.7 Å². The van der Waals surface area contributed by atoms with Gasteiger partial charge in [0.25, 0.3) is 5.91 Å². The molecule has 1 aliphatic carbocycles. The van der Waals surface area contributed by atoms with Gasteiger partial charge in [0.05, 0.1) is 29.0 Å². The zero-order valence-corrected chi connectivity index (χ0v) is 20.4. The summed E-state index contributed by atoms with van der Waals surface area (Å²) < 4.78 is 38.0. The summed E-state index contributed by atoms with van der Waals surface area (Å²) in [5.41, 5.74) is 0.802. The van der Waals surface area contributed by atoms with E-state index in [1.165, 1.54) is 42.0 Å². The highest BCUT2D eigenvalue weighted by Gasteiger charge is 2.33. The Morgan fingerprint density at radius 1 is 1.03 bits per heavy atom. The van der Waals surface area contributed by atoms with Gasteiger partial charge in [0, 0.05) is 38.2 Å². The first-order chi connectivity index (χ1) is 15.7. The monoisotopic (exact) mass is 493 g/mol. The highest BCUT2D eigenvalue weighted by Crippen LogP contribution is 2.34. The van der Waals surface area contributed by atoms with Crippen molar-refractivity contribution in [2.24, 2.45) is 5.92 Å². The predicted molar refractivity (Wildman–Crippen MR) is 125 cm³/mol. The Hall–Kier alpha value is -2.63. The summed E-state index contributed by atoms with van der Waals surface area (Å²) in [5.74, 6) is 0.736. The van der Waals surface area contributed by atoms with Crippen molar-refractivity contribution < 1.29 is 27.5 Å². The summed E-state index contributed by atoms with van der Waals surface area (Å²) in [6.45, 7) is 2.80. The Morgan fingerprint density at radius 3 is 2.30 bits per heavy atom. The number of nitrogens with zero attached hydrogens (tertiary/aromatic N) is 2. The number of rotatable bonds is 7. The Morgan fingerprint density at radius 2 is 1.70 bits per heavy atom. The molecule has 1 aliphatic heterocycles. The van der Waals surface area contributed by atoms with E-state index in [0.29, 0.717) is 21.4 Å². The number of hydrogen-bond acceptors (Lipinski definition) is 7. The van der Waals surface area contributed by atoms with E-state index in [0.717, 1.165) is 18.4 Å². The van der Waals surface area contributed by atoms with Crippen LogP contribution in [-0.4, -0.2) is 69.8 Å². The molecule has 1 saturated heterocycles. The second-order valence-corrected chi connectivity index (χ2v) is 11.1. The molecule has 2 aromatic rings. The lowest BCUT2D eigenvalue weighted by Crippen LogP contribution is -2.50. The quantitative estimate of drug-likeness (QED) is 0.636. The molecule has 2 aliphatic rings. The molecule has 1 saturated carbocycles. The van der Waals surface area contributed by atoms with Crippen LogP contribution in [0.2, 0.25) is 0 Å². The normalized spacial score (nSPS) is 17.0.